The van der Waals surface area contributed by atoms with E-state index >= 15 is 0 Å². The fourth-order valence-corrected chi connectivity index (χ4v) is 1.82. The van der Waals surface area contributed by atoms with Crippen LogP contribution in [0.3, 0.4) is 0 Å². The maximum absolute atomic E-state index is 11.6. The van der Waals surface area contributed by atoms with Gasteiger partial charge in [0.2, 0.25) is 5.91 Å². The highest BCUT2D eigenvalue weighted by Gasteiger charge is 2.24. The van der Waals surface area contributed by atoms with Gasteiger partial charge in [-0.15, -0.1) is 0 Å². The molecule has 1 aliphatic rings. The van der Waals surface area contributed by atoms with Crippen LogP contribution < -0.4 is 10.2 Å². The van der Waals surface area contributed by atoms with Gasteiger partial charge in [0.1, 0.15) is 0 Å². The van der Waals surface area contributed by atoms with Crippen LogP contribution in [-0.2, 0) is 16.0 Å². The van der Waals surface area contributed by atoms with Crippen molar-refractivity contribution in [2.75, 3.05) is 11.4 Å². The second-order valence-electron chi connectivity index (χ2n) is 4.00. The van der Waals surface area contributed by atoms with E-state index in [1.165, 1.54) is 4.90 Å². The highest BCUT2D eigenvalue weighted by Crippen LogP contribution is 2.18. The predicted molar refractivity (Wildman–Crippen MR) is 63.3 cm³/mol. The lowest BCUT2D eigenvalue weighted by molar-refractivity contribution is -0.136. The number of aliphatic carboxylic acids is 1. The fourth-order valence-electron chi connectivity index (χ4n) is 1.82. The van der Waals surface area contributed by atoms with Gasteiger partial charge < -0.3 is 5.11 Å². The standard InChI is InChI=1S/C12H12N2O4/c15-10-4-5-14(12(18)13-10)9-3-1-2-8(6-9)7-11(16)17/h1-3,6H,4-5,7H2,(H,16,17)(H,13,15,18). The molecule has 0 atom stereocenters. The number of urea groups is 1. The van der Waals surface area contributed by atoms with Gasteiger partial charge in [0.25, 0.3) is 0 Å². The molecule has 94 valence electrons. The molecule has 1 aliphatic heterocycles. The van der Waals surface area contributed by atoms with Crippen molar-refractivity contribution in [1.29, 1.82) is 0 Å². The van der Waals surface area contributed by atoms with Gasteiger partial charge in [0.15, 0.2) is 0 Å². The average Bonchev–Trinajstić information content (AvgIpc) is 2.28. The predicted octanol–water partition coefficient (Wildman–Crippen LogP) is 0.760. The lowest BCUT2D eigenvalue weighted by atomic mass is 10.1. The van der Waals surface area contributed by atoms with Gasteiger partial charge in [0, 0.05) is 18.7 Å². The molecule has 0 aromatic heterocycles. The third kappa shape index (κ3) is 2.65. The van der Waals surface area contributed by atoms with E-state index in [0.717, 1.165) is 0 Å². The van der Waals surface area contributed by atoms with Crippen LogP contribution in [0.15, 0.2) is 24.3 Å². The first kappa shape index (κ1) is 12.1. The lowest BCUT2D eigenvalue weighted by Gasteiger charge is -2.26. The smallest absolute Gasteiger partial charge is 0.328 e. The number of hydrogen-bond donors (Lipinski definition) is 2. The highest BCUT2D eigenvalue weighted by molar-refractivity contribution is 6.05. The van der Waals surface area contributed by atoms with Crippen LogP contribution in [0.25, 0.3) is 0 Å². The van der Waals surface area contributed by atoms with Crippen LogP contribution in [0.5, 0.6) is 0 Å². The molecule has 0 spiro atoms. The maximum atomic E-state index is 11.6. The van der Waals surface area contributed by atoms with Crippen molar-refractivity contribution >= 4 is 23.6 Å². The molecule has 2 N–H and O–H groups in total. The van der Waals surface area contributed by atoms with E-state index in [9.17, 15) is 14.4 Å². The Balaban J connectivity index is 2.20. The third-order valence-electron chi connectivity index (χ3n) is 2.63. The zero-order valence-electron chi connectivity index (χ0n) is 9.55. The molecular formula is C12H12N2O4. The third-order valence-corrected chi connectivity index (χ3v) is 2.63. The number of carbonyl (C=O) groups is 3. The number of nitrogens with one attached hydrogen (secondary N) is 1. The van der Waals surface area contributed by atoms with Crippen molar-refractivity contribution in [2.24, 2.45) is 0 Å². The van der Waals surface area contributed by atoms with Gasteiger partial charge in [0.05, 0.1) is 6.42 Å². The van der Waals surface area contributed by atoms with E-state index in [2.05, 4.69) is 5.32 Å². The SMILES string of the molecule is O=C(O)Cc1cccc(N2CCC(=O)NC2=O)c1. The molecule has 1 saturated heterocycles. The Hall–Kier alpha value is -2.37. The van der Waals surface area contributed by atoms with Gasteiger partial charge in [-0.3, -0.25) is 19.8 Å². The van der Waals surface area contributed by atoms with E-state index in [4.69, 9.17) is 5.11 Å². The van der Waals surface area contributed by atoms with Crippen LogP contribution in [0.4, 0.5) is 10.5 Å². The summed E-state index contributed by atoms with van der Waals surface area (Å²) in [7, 11) is 0. The number of carbonyl (C=O) groups excluding carboxylic acids is 2. The average molecular weight is 248 g/mol. The lowest BCUT2D eigenvalue weighted by Crippen LogP contribution is -2.49. The van der Waals surface area contributed by atoms with Gasteiger partial charge in [-0.25, -0.2) is 4.79 Å². The van der Waals surface area contributed by atoms with Crippen LogP contribution in [0, 0.1) is 0 Å². The molecular weight excluding hydrogens is 236 g/mol. The van der Waals surface area contributed by atoms with E-state index in [1.807, 2.05) is 0 Å². The first-order valence-electron chi connectivity index (χ1n) is 5.48. The Bertz CT molecular complexity index is 513. The molecule has 2 rings (SSSR count). The minimum absolute atomic E-state index is 0.0950. The van der Waals surface area contributed by atoms with Crippen molar-refractivity contribution in [2.45, 2.75) is 12.8 Å². The zero-order valence-corrected chi connectivity index (χ0v) is 9.55. The van der Waals surface area contributed by atoms with Crippen molar-refractivity contribution in [3.63, 3.8) is 0 Å². The first-order chi connectivity index (χ1) is 8.56. The number of rotatable bonds is 3. The number of carboxylic acids is 1. The van der Waals surface area contributed by atoms with Crippen LogP contribution >= 0.6 is 0 Å². The van der Waals surface area contributed by atoms with Gasteiger partial charge in [-0.1, -0.05) is 12.1 Å². The minimum Gasteiger partial charge on any atom is -0.481 e. The second kappa shape index (κ2) is 4.87. The summed E-state index contributed by atoms with van der Waals surface area (Å²) < 4.78 is 0. The topological polar surface area (TPSA) is 86.7 Å². The van der Waals surface area contributed by atoms with Crippen molar-refractivity contribution in [3.05, 3.63) is 29.8 Å². The summed E-state index contributed by atoms with van der Waals surface area (Å²) in [4.78, 5) is 34.7. The number of anilines is 1. The van der Waals surface area contributed by atoms with Gasteiger partial charge in [-0.2, -0.15) is 0 Å². The molecule has 1 aromatic rings. The Labute approximate surface area is 103 Å². The Kier molecular flexibility index (Phi) is 3.27. The molecule has 0 bridgehead atoms. The maximum Gasteiger partial charge on any atom is 0.328 e. The monoisotopic (exact) mass is 248 g/mol. The number of hydrogen-bond acceptors (Lipinski definition) is 3. The van der Waals surface area contributed by atoms with Gasteiger partial charge >= 0.3 is 12.0 Å². The molecule has 1 heterocycles. The summed E-state index contributed by atoms with van der Waals surface area (Å²) in [6.45, 7) is 0.307. The quantitative estimate of drug-likeness (QED) is 0.826. The van der Waals surface area contributed by atoms with Crippen LogP contribution in [0.2, 0.25) is 0 Å². The normalized spacial score (nSPS) is 15.4. The Morgan fingerprint density at radius 3 is 2.83 bits per heavy atom. The summed E-state index contributed by atoms with van der Waals surface area (Å²) in [5.41, 5.74) is 1.21. The van der Waals surface area contributed by atoms with Crippen molar-refractivity contribution in [3.8, 4) is 0 Å². The molecule has 1 fully saturated rings. The Morgan fingerprint density at radius 2 is 2.17 bits per heavy atom. The summed E-state index contributed by atoms with van der Waals surface area (Å²) in [6, 6.07) is 6.25. The van der Waals surface area contributed by atoms with Gasteiger partial charge in [-0.05, 0) is 17.7 Å². The fraction of sp³-hybridized carbons (Fsp3) is 0.250. The molecule has 0 saturated carbocycles. The largest absolute Gasteiger partial charge is 0.481 e. The molecule has 0 radical (unpaired) electrons. The molecule has 18 heavy (non-hydrogen) atoms. The zero-order chi connectivity index (χ0) is 13.1. The molecule has 6 heteroatoms. The number of benzene rings is 1. The number of amides is 3. The van der Waals surface area contributed by atoms with E-state index in [-0.39, 0.29) is 18.7 Å². The molecule has 1 aromatic carbocycles. The number of carboxylic acid groups (broad SMARTS) is 1. The van der Waals surface area contributed by atoms with E-state index < -0.39 is 12.0 Å². The first-order valence-corrected chi connectivity index (χ1v) is 5.48. The van der Waals surface area contributed by atoms with E-state index in [0.29, 0.717) is 17.8 Å². The summed E-state index contributed by atoms with van der Waals surface area (Å²) in [6.07, 6.45) is 0.150. The van der Waals surface area contributed by atoms with Crippen molar-refractivity contribution < 1.29 is 19.5 Å². The summed E-state index contributed by atoms with van der Waals surface area (Å²) >= 11 is 0. The molecule has 6 nitrogen and oxygen atoms in total. The molecule has 3 amide bonds. The van der Waals surface area contributed by atoms with E-state index in [1.54, 1.807) is 24.3 Å². The minimum atomic E-state index is -0.926. The molecule has 0 aliphatic carbocycles. The Morgan fingerprint density at radius 1 is 1.39 bits per heavy atom. The molecule has 0 unspecified atom stereocenters. The number of nitrogens with zero attached hydrogens (tertiary/aromatic N) is 1. The van der Waals surface area contributed by atoms with Crippen LogP contribution in [-0.4, -0.2) is 29.6 Å². The van der Waals surface area contributed by atoms with Crippen LogP contribution in [0.1, 0.15) is 12.0 Å². The van der Waals surface area contributed by atoms with Crippen molar-refractivity contribution in [1.82, 2.24) is 5.32 Å². The number of imide groups is 1. The second-order valence-corrected chi connectivity index (χ2v) is 4.00. The summed E-state index contributed by atoms with van der Waals surface area (Å²) in [5, 5.41) is 10.9. The summed E-state index contributed by atoms with van der Waals surface area (Å²) in [5.74, 6) is -1.22. The highest BCUT2D eigenvalue weighted by atomic mass is 16.4.